The topological polar surface area (TPSA) is 58.2 Å². The van der Waals surface area contributed by atoms with E-state index in [0.717, 1.165) is 0 Å². The summed E-state index contributed by atoms with van der Waals surface area (Å²) >= 11 is 3.22. The van der Waals surface area contributed by atoms with E-state index in [1.165, 1.54) is 12.1 Å². The van der Waals surface area contributed by atoms with Crippen LogP contribution in [0.2, 0.25) is 0 Å². The molecule has 0 saturated carbocycles. The van der Waals surface area contributed by atoms with Crippen LogP contribution in [-0.2, 0) is 11.3 Å². The molecule has 0 radical (unpaired) electrons. The second kappa shape index (κ2) is 8.06. The summed E-state index contributed by atoms with van der Waals surface area (Å²) in [5, 5.41) is 5.49. The van der Waals surface area contributed by atoms with Crippen LogP contribution in [0, 0.1) is 11.7 Å². The lowest BCUT2D eigenvalue weighted by Gasteiger charge is -2.09. The lowest BCUT2D eigenvalue weighted by Crippen LogP contribution is -2.23. The molecule has 0 aliphatic heterocycles. The highest BCUT2D eigenvalue weighted by molar-refractivity contribution is 9.10. The monoisotopic (exact) mass is 392 g/mol. The number of carbonyl (C=O) groups is 2. The number of rotatable bonds is 5. The van der Waals surface area contributed by atoms with Crippen molar-refractivity contribution < 1.29 is 14.0 Å². The molecule has 126 valence electrons. The molecule has 2 aromatic carbocycles. The van der Waals surface area contributed by atoms with Gasteiger partial charge in [-0.3, -0.25) is 9.59 Å². The van der Waals surface area contributed by atoms with Crippen LogP contribution in [0.15, 0.2) is 46.9 Å². The molecular weight excluding hydrogens is 375 g/mol. The van der Waals surface area contributed by atoms with Gasteiger partial charge >= 0.3 is 0 Å². The predicted molar refractivity (Wildman–Crippen MR) is 95.2 cm³/mol. The predicted octanol–water partition coefficient (Wildman–Crippen LogP) is 4.11. The van der Waals surface area contributed by atoms with E-state index in [0.29, 0.717) is 21.3 Å². The van der Waals surface area contributed by atoms with E-state index >= 15 is 0 Å². The molecule has 0 spiro atoms. The summed E-state index contributed by atoms with van der Waals surface area (Å²) in [5.41, 5.74) is 1.77. The summed E-state index contributed by atoms with van der Waals surface area (Å²) in [5.74, 6) is -0.821. The zero-order valence-electron chi connectivity index (χ0n) is 13.4. The molecule has 0 bridgehead atoms. The fraction of sp³-hybridized carbons (Fsp3) is 0.222. The first-order valence-electron chi connectivity index (χ1n) is 7.49. The first kappa shape index (κ1) is 18.1. The van der Waals surface area contributed by atoms with Crippen molar-refractivity contribution in [2.24, 2.45) is 5.92 Å². The van der Waals surface area contributed by atoms with E-state index in [1.807, 2.05) is 13.8 Å². The average Bonchev–Trinajstić information content (AvgIpc) is 2.52. The average molecular weight is 393 g/mol. The third-order valence-corrected chi connectivity index (χ3v) is 3.77. The Kier molecular flexibility index (Phi) is 6.09. The zero-order valence-corrected chi connectivity index (χ0v) is 15.0. The third-order valence-electron chi connectivity index (χ3n) is 3.31. The largest absolute Gasteiger partial charge is 0.348 e. The number of benzene rings is 2. The van der Waals surface area contributed by atoms with Gasteiger partial charge in [0.05, 0.1) is 0 Å². The first-order chi connectivity index (χ1) is 11.3. The Balaban J connectivity index is 1.96. The van der Waals surface area contributed by atoms with E-state index in [4.69, 9.17) is 0 Å². The van der Waals surface area contributed by atoms with E-state index in [9.17, 15) is 14.0 Å². The molecule has 0 unspecified atom stereocenters. The van der Waals surface area contributed by atoms with Gasteiger partial charge in [0.2, 0.25) is 5.91 Å². The Morgan fingerprint density at radius 3 is 2.38 bits per heavy atom. The third kappa shape index (κ3) is 5.16. The van der Waals surface area contributed by atoms with Gasteiger partial charge in [0.25, 0.3) is 5.91 Å². The Hall–Kier alpha value is -2.21. The molecule has 0 aliphatic carbocycles. The lowest BCUT2D eigenvalue weighted by atomic mass is 10.1. The summed E-state index contributed by atoms with van der Waals surface area (Å²) in [6, 6.07) is 11.1. The minimum absolute atomic E-state index is 0.0797. The van der Waals surface area contributed by atoms with Crippen molar-refractivity contribution in [3.63, 3.8) is 0 Å². The van der Waals surface area contributed by atoms with Crippen LogP contribution in [0.25, 0.3) is 0 Å². The molecule has 2 amide bonds. The van der Waals surface area contributed by atoms with Crippen molar-refractivity contribution in [1.82, 2.24) is 5.32 Å². The van der Waals surface area contributed by atoms with Crippen LogP contribution in [0.5, 0.6) is 0 Å². The molecule has 0 atom stereocenters. The molecular formula is C18H18BrFN2O2. The summed E-state index contributed by atoms with van der Waals surface area (Å²) in [7, 11) is 0. The Bertz CT molecular complexity index is 725. The maximum absolute atomic E-state index is 13.3. The molecule has 4 nitrogen and oxygen atoms in total. The van der Waals surface area contributed by atoms with E-state index in [-0.39, 0.29) is 30.1 Å². The number of anilines is 1. The van der Waals surface area contributed by atoms with Crippen LogP contribution in [0.1, 0.15) is 29.8 Å². The number of hydrogen-bond acceptors (Lipinski definition) is 2. The highest BCUT2D eigenvalue weighted by Crippen LogP contribution is 2.15. The first-order valence-corrected chi connectivity index (χ1v) is 8.28. The van der Waals surface area contributed by atoms with Crippen molar-refractivity contribution in [2.45, 2.75) is 20.4 Å². The molecule has 2 rings (SSSR count). The number of halogens is 2. The quantitative estimate of drug-likeness (QED) is 0.803. The smallest absolute Gasteiger partial charge is 0.251 e. The van der Waals surface area contributed by atoms with Gasteiger partial charge in [0.1, 0.15) is 5.82 Å². The Labute approximate surface area is 148 Å². The van der Waals surface area contributed by atoms with Crippen molar-refractivity contribution in [3.05, 3.63) is 63.9 Å². The van der Waals surface area contributed by atoms with Crippen LogP contribution in [0.4, 0.5) is 10.1 Å². The molecule has 0 fully saturated rings. The zero-order chi connectivity index (χ0) is 17.7. The lowest BCUT2D eigenvalue weighted by molar-refractivity contribution is -0.118. The Morgan fingerprint density at radius 1 is 1.12 bits per heavy atom. The molecule has 6 heteroatoms. The number of hydrogen-bond donors (Lipinski definition) is 2. The summed E-state index contributed by atoms with van der Waals surface area (Å²) in [6.45, 7) is 3.84. The highest BCUT2D eigenvalue weighted by Gasteiger charge is 2.09. The molecule has 2 aromatic rings. The van der Waals surface area contributed by atoms with Crippen molar-refractivity contribution >= 4 is 33.4 Å². The minimum Gasteiger partial charge on any atom is -0.348 e. The van der Waals surface area contributed by atoms with Crippen LogP contribution < -0.4 is 10.6 Å². The molecule has 0 aromatic heterocycles. The van der Waals surface area contributed by atoms with Gasteiger partial charge in [0.15, 0.2) is 0 Å². The Morgan fingerprint density at radius 2 is 1.79 bits per heavy atom. The number of nitrogens with one attached hydrogen (secondary N) is 2. The van der Waals surface area contributed by atoms with Gasteiger partial charge in [-0.2, -0.15) is 0 Å². The minimum atomic E-state index is -0.362. The summed E-state index contributed by atoms with van der Waals surface area (Å²) in [4.78, 5) is 23.7. The standard InChI is InChI=1S/C18H18BrFN2O2/c1-11(2)17(23)22-16-5-3-13(4-6-16)18(24)21-10-12-7-14(19)9-15(20)8-12/h3-9,11H,10H2,1-2H3,(H,21,24)(H,22,23). The van der Waals surface area contributed by atoms with Gasteiger partial charge in [-0.15, -0.1) is 0 Å². The SMILES string of the molecule is CC(C)C(=O)Nc1ccc(C(=O)NCc2cc(F)cc(Br)c2)cc1. The van der Waals surface area contributed by atoms with Crippen LogP contribution in [-0.4, -0.2) is 11.8 Å². The highest BCUT2D eigenvalue weighted by atomic mass is 79.9. The fourth-order valence-electron chi connectivity index (χ4n) is 1.99. The summed E-state index contributed by atoms with van der Waals surface area (Å²) < 4.78 is 13.9. The van der Waals surface area contributed by atoms with E-state index < -0.39 is 0 Å². The normalized spacial score (nSPS) is 10.5. The fourth-order valence-corrected chi connectivity index (χ4v) is 2.50. The van der Waals surface area contributed by atoms with Gasteiger partial charge in [-0.25, -0.2) is 4.39 Å². The maximum Gasteiger partial charge on any atom is 0.251 e. The van der Waals surface area contributed by atoms with Crippen molar-refractivity contribution in [1.29, 1.82) is 0 Å². The summed E-state index contributed by atoms with van der Waals surface area (Å²) in [6.07, 6.45) is 0. The molecule has 24 heavy (non-hydrogen) atoms. The van der Waals surface area contributed by atoms with Crippen LogP contribution >= 0.6 is 15.9 Å². The second-order valence-electron chi connectivity index (χ2n) is 5.68. The van der Waals surface area contributed by atoms with Crippen molar-refractivity contribution in [2.75, 3.05) is 5.32 Å². The molecule has 2 N–H and O–H groups in total. The molecule has 0 heterocycles. The van der Waals surface area contributed by atoms with Crippen LogP contribution in [0.3, 0.4) is 0 Å². The van der Waals surface area contributed by atoms with Gasteiger partial charge in [-0.1, -0.05) is 29.8 Å². The van der Waals surface area contributed by atoms with E-state index in [1.54, 1.807) is 30.3 Å². The van der Waals surface area contributed by atoms with Gasteiger partial charge in [-0.05, 0) is 48.0 Å². The second-order valence-corrected chi connectivity index (χ2v) is 6.60. The number of carbonyl (C=O) groups excluding carboxylic acids is 2. The van der Waals surface area contributed by atoms with E-state index in [2.05, 4.69) is 26.6 Å². The maximum atomic E-state index is 13.3. The number of amides is 2. The van der Waals surface area contributed by atoms with Gasteiger partial charge < -0.3 is 10.6 Å². The van der Waals surface area contributed by atoms with Crippen molar-refractivity contribution in [3.8, 4) is 0 Å². The molecule has 0 saturated heterocycles. The molecule has 0 aliphatic rings. The van der Waals surface area contributed by atoms with Gasteiger partial charge in [0, 0.05) is 28.2 Å².